The van der Waals surface area contributed by atoms with E-state index in [0.29, 0.717) is 17.9 Å². The molecular weight excluding hydrogens is 242 g/mol. The van der Waals surface area contributed by atoms with E-state index < -0.39 is 0 Å². The van der Waals surface area contributed by atoms with Crippen molar-refractivity contribution in [2.45, 2.75) is 6.92 Å². The van der Waals surface area contributed by atoms with E-state index in [0.717, 1.165) is 5.75 Å². The molecule has 0 saturated carbocycles. The number of aromatic nitrogens is 1. The molecule has 0 fully saturated rings. The van der Waals surface area contributed by atoms with Crippen molar-refractivity contribution in [1.82, 2.24) is 4.98 Å². The lowest BCUT2D eigenvalue weighted by molar-refractivity contribution is 0.339. The van der Waals surface area contributed by atoms with Crippen LogP contribution in [0.3, 0.4) is 0 Å². The van der Waals surface area contributed by atoms with Gasteiger partial charge in [-0.05, 0) is 37.3 Å². The first-order valence-electron chi connectivity index (χ1n) is 5.80. The van der Waals surface area contributed by atoms with Gasteiger partial charge in [0.2, 0.25) is 5.88 Å². The Bertz CT molecular complexity index is 603. The Hall–Kier alpha value is -2.74. The first-order chi connectivity index (χ1) is 9.24. The second kappa shape index (κ2) is 5.74. The molecule has 19 heavy (non-hydrogen) atoms. The van der Waals surface area contributed by atoms with Crippen LogP contribution in [-0.4, -0.2) is 11.6 Å². The van der Waals surface area contributed by atoms with Gasteiger partial charge in [-0.3, -0.25) is 0 Å². The standard InChI is InChI=1S/C14H13N3O2/c1-2-18-11-3-5-12(6-4-11)19-14-13(16)10(9-15)7-8-17-14/h3-8H,2,16H2,1H3. The fourth-order valence-electron chi connectivity index (χ4n) is 1.52. The molecule has 1 aromatic carbocycles. The quantitative estimate of drug-likeness (QED) is 0.908. The summed E-state index contributed by atoms with van der Waals surface area (Å²) in [6.45, 7) is 2.53. The van der Waals surface area contributed by atoms with Crippen molar-refractivity contribution in [1.29, 1.82) is 5.26 Å². The van der Waals surface area contributed by atoms with E-state index in [1.807, 2.05) is 13.0 Å². The highest BCUT2D eigenvalue weighted by atomic mass is 16.5. The molecule has 2 rings (SSSR count). The number of nitrogens with zero attached hydrogens (tertiary/aromatic N) is 2. The summed E-state index contributed by atoms with van der Waals surface area (Å²) >= 11 is 0. The third-order valence-electron chi connectivity index (χ3n) is 2.42. The average molecular weight is 255 g/mol. The maximum atomic E-state index is 8.87. The third-order valence-corrected chi connectivity index (χ3v) is 2.42. The Labute approximate surface area is 111 Å². The number of rotatable bonds is 4. The zero-order chi connectivity index (χ0) is 13.7. The maximum Gasteiger partial charge on any atom is 0.244 e. The molecule has 5 heteroatoms. The highest BCUT2D eigenvalue weighted by Crippen LogP contribution is 2.28. The predicted octanol–water partition coefficient (Wildman–Crippen LogP) is 2.73. The fraction of sp³-hybridized carbons (Fsp3) is 0.143. The van der Waals surface area contributed by atoms with Crippen LogP contribution in [0.2, 0.25) is 0 Å². The Morgan fingerprint density at radius 2 is 1.89 bits per heavy atom. The Morgan fingerprint density at radius 1 is 1.21 bits per heavy atom. The molecule has 5 nitrogen and oxygen atoms in total. The van der Waals surface area contributed by atoms with Crippen LogP contribution in [0.4, 0.5) is 5.69 Å². The average Bonchev–Trinajstić information content (AvgIpc) is 2.43. The van der Waals surface area contributed by atoms with Crippen molar-refractivity contribution in [3.05, 3.63) is 42.1 Å². The van der Waals surface area contributed by atoms with Crippen LogP contribution < -0.4 is 15.2 Å². The van der Waals surface area contributed by atoms with Crippen LogP contribution in [-0.2, 0) is 0 Å². The van der Waals surface area contributed by atoms with E-state index >= 15 is 0 Å². The van der Waals surface area contributed by atoms with Crippen LogP contribution in [0.5, 0.6) is 17.4 Å². The van der Waals surface area contributed by atoms with Crippen molar-refractivity contribution < 1.29 is 9.47 Å². The summed E-state index contributed by atoms with van der Waals surface area (Å²) in [4.78, 5) is 4.01. The van der Waals surface area contributed by atoms with Crippen LogP contribution in [0, 0.1) is 11.3 Å². The highest BCUT2D eigenvalue weighted by molar-refractivity contribution is 5.60. The monoisotopic (exact) mass is 255 g/mol. The van der Waals surface area contributed by atoms with Gasteiger partial charge < -0.3 is 15.2 Å². The maximum absolute atomic E-state index is 8.87. The van der Waals surface area contributed by atoms with Crippen molar-refractivity contribution in [2.75, 3.05) is 12.3 Å². The molecule has 0 bridgehead atoms. The molecule has 0 aliphatic rings. The molecule has 0 aliphatic heterocycles. The van der Waals surface area contributed by atoms with Gasteiger partial charge in [-0.1, -0.05) is 0 Å². The molecule has 1 heterocycles. The number of hydrogen-bond donors (Lipinski definition) is 1. The first kappa shape index (κ1) is 12.7. The number of nitrogens with two attached hydrogens (primary N) is 1. The van der Waals surface area contributed by atoms with Gasteiger partial charge in [0, 0.05) is 6.20 Å². The summed E-state index contributed by atoms with van der Waals surface area (Å²) in [5, 5.41) is 8.87. The third kappa shape index (κ3) is 2.93. The minimum atomic E-state index is 0.225. The summed E-state index contributed by atoms with van der Waals surface area (Å²) in [6.07, 6.45) is 1.48. The van der Waals surface area contributed by atoms with Crippen LogP contribution >= 0.6 is 0 Å². The highest BCUT2D eigenvalue weighted by Gasteiger charge is 2.08. The summed E-state index contributed by atoms with van der Waals surface area (Å²) in [6, 6.07) is 10.6. The van der Waals surface area contributed by atoms with Crippen molar-refractivity contribution in [2.24, 2.45) is 0 Å². The number of nitrogen functional groups attached to an aromatic ring is 1. The van der Waals surface area contributed by atoms with Gasteiger partial charge >= 0.3 is 0 Å². The van der Waals surface area contributed by atoms with Gasteiger partial charge in [0.15, 0.2) is 0 Å². The van der Waals surface area contributed by atoms with E-state index in [1.165, 1.54) is 6.20 Å². The molecule has 0 unspecified atom stereocenters. The minimum Gasteiger partial charge on any atom is -0.494 e. The second-order valence-electron chi connectivity index (χ2n) is 3.70. The van der Waals surface area contributed by atoms with Crippen molar-refractivity contribution in [3.8, 4) is 23.4 Å². The number of hydrogen-bond acceptors (Lipinski definition) is 5. The zero-order valence-electron chi connectivity index (χ0n) is 10.5. The topological polar surface area (TPSA) is 81.2 Å². The molecule has 0 atom stereocenters. The van der Waals surface area contributed by atoms with Crippen molar-refractivity contribution in [3.63, 3.8) is 0 Å². The lowest BCUT2D eigenvalue weighted by Crippen LogP contribution is -1.98. The van der Waals surface area contributed by atoms with Gasteiger partial charge in [0.1, 0.15) is 23.3 Å². The summed E-state index contributed by atoms with van der Waals surface area (Å²) < 4.78 is 10.9. The van der Waals surface area contributed by atoms with Crippen molar-refractivity contribution >= 4 is 5.69 Å². The molecule has 1 aromatic heterocycles. The van der Waals surface area contributed by atoms with Gasteiger partial charge in [0.05, 0.1) is 12.2 Å². The Kier molecular flexibility index (Phi) is 3.84. The fourth-order valence-corrected chi connectivity index (χ4v) is 1.52. The summed E-state index contributed by atoms with van der Waals surface area (Å²) in [7, 11) is 0. The molecule has 2 N–H and O–H groups in total. The molecule has 2 aromatic rings. The number of anilines is 1. The Morgan fingerprint density at radius 3 is 2.53 bits per heavy atom. The Balaban J connectivity index is 2.19. The van der Waals surface area contributed by atoms with Crippen LogP contribution in [0.15, 0.2) is 36.5 Å². The van der Waals surface area contributed by atoms with Crippen LogP contribution in [0.25, 0.3) is 0 Å². The first-order valence-corrected chi connectivity index (χ1v) is 5.80. The number of nitriles is 1. The molecule has 0 aliphatic carbocycles. The molecule has 0 amide bonds. The lowest BCUT2D eigenvalue weighted by Gasteiger charge is -2.08. The molecule has 96 valence electrons. The van der Waals surface area contributed by atoms with Gasteiger partial charge in [-0.15, -0.1) is 0 Å². The van der Waals surface area contributed by atoms with E-state index in [1.54, 1.807) is 30.3 Å². The van der Waals surface area contributed by atoms with Gasteiger partial charge in [-0.25, -0.2) is 4.98 Å². The van der Waals surface area contributed by atoms with Gasteiger partial charge in [-0.2, -0.15) is 5.26 Å². The van der Waals surface area contributed by atoms with E-state index in [2.05, 4.69) is 4.98 Å². The number of benzene rings is 1. The molecule has 0 radical (unpaired) electrons. The number of ether oxygens (including phenoxy) is 2. The summed E-state index contributed by atoms with van der Waals surface area (Å²) in [5.74, 6) is 1.57. The lowest BCUT2D eigenvalue weighted by atomic mass is 10.2. The minimum absolute atomic E-state index is 0.225. The summed E-state index contributed by atoms with van der Waals surface area (Å²) in [5.41, 5.74) is 6.36. The smallest absolute Gasteiger partial charge is 0.244 e. The number of pyridine rings is 1. The second-order valence-corrected chi connectivity index (χ2v) is 3.70. The van der Waals surface area contributed by atoms with Crippen LogP contribution in [0.1, 0.15) is 12.5 Å². The SMILES string of the molecule is CCOc1ccc(Oc2nccc(C#N)c2N)cc1. The van der Waals surface area contributed by atoms with E-state index in [4.69, 9.17) is 20.5 Å². The van der Waals surface area contributed by atoms with E-state index in [9.17, 15) is 0 Å². The normalized spacial score (nSPS) is 9.68. The molecule has 0 saturated heterocycles. The van der Waals surface area contributed by atoms with E-state index in [-0.39, 0.29) is 11.6 Å². The largest absolute Gasteiger partial charge is 0.494 e. The molecular formula is C14H13N3O2. The van der Waals surface area contributed by atoms with Gasteiger partial charge in [0.25, 0.3) is 0 Å². The zero-order valence-corrected chi connectivity index (χ0v) is 10.5. The predicted molar refractivity (Wildman–Crippen MR) is 71.0 cm³/mol. The molecule has 0 spiro atoms.